The fraction of sp³-hybridized carbons (Fsp3) is 0.111. The number of hydrogen-bond acceptors (Lipinski definition) is 5. The van der Waals surface area contributed by atoms with Crippen LogP contribution in [0.4, 0.5) is 17.1 Å². The molecular formula is C27H22ClN3O4. The molecule has 3 aromatic carbocycles. The van der Waals surface area contributed by atoms with E-state index in [-0.39, 0.29) is 22.4 Å². The zero-order valence-corrected chi connectivity index (χ0v) is 20.1. The number of aryl methyl sites for hydroxylation is 2. The molecule has 2 N–H and O–H groups in total. The molecular weight excluding hydrogens is 466 g/mol. The lowest BCUT2D eigenvalue weighted by atomic mass is 10.1. The molecule has 0 unspecified atom stereocenters. The number of amides is 3. The Morgan fingerprint density at radius 1 is 0.771 bits per heavy atom. The van der Waals surface area contributed by atoms with Crippen LogP contribution in [0.2, 0.25) is 0 Å². The van der Waals surface area contributed by atoms with E-state index in [1.165, 1.54) is 6.92 Å². The van der Waals surface area contributed by atoms with Gasteiger partial charge in [0.05, 0.1) is 5.69 Å². The van der Waals surface area contributed by atoms with Crippen LogP contribution in [0.3, 0.4) is 0 Å². The highest BCUT2D eigenvalue weighted by atomic mass is 35.5. The summed E-state index contributed by atoms with van der Waals surface area (Å²) in [4.78, 5) is 50.7. The number of ketones is 1. The number of nitrogens with one attached hydrogen (secondary N) is 2. The first-order chi connectivity index (χ1) is 16.6. The molecule has 0 spiro atoms. The number of nitrogens with zero attached hydrogens (tertiary/aromatic N) is 1. The molecule has 0 saturated heterocycles. The summed E-state index contributed by atoms with van der Waals surface area (Å²) < 4.78 is 0. The number of hydrogen-bond donors (Lipinski definition) is 2. The lowest BCUT2D eigenvalue weighted by Gasteiger charge is -2.16. The van der Waals surface area contributed by atoms with Crippen LogP contribution < -0.4 is 15.5 Å². The molecule has 3 amide bonds. The highest BCUT2D eigenvalue weighted by Crippen LogP contribution is 2.31. The molecule has 35 heavy (non-hydrogen) atoms. The molecule has 0 fully saturated rings. The minimum atomic E-state index is -0.601. The Kier molecular flexibility index (Phi) is 6.53. The molecule has 3 aromatic rings. The van der Waals surface area contributed by atoms with Gasteiger partial charge < -0.3 is 10.6 Å². The van der Waals surface area contributed by atoms with Crippen LogP contribution in [0, 0.1) is 13.8 Å². The van der Waals surface area contributed by atoms with E-state index in [0.717, 1.165) is 16.0 Å². The summed E-state index contributed by atoms with van der Waals surface area (Å²) in [5.41, 5.74) is 4.25. The maximum atomic E-state index is 13.0. The minimum absolute atomic E-state index is 0.0291. The van der Waals surface area contributed by atoms with Crippen molar-refractivity contribution in [1.82, 2.24) is 0 Å². The predicted octanol–water partition coefficient (Wildman–Crippen LogP) is 5.19. The van der Waals surface area contributed by atoms with Gasteiger partial charge in [-0.05, 0) is 92.6 Å². The summed E-state index contributed by atoms with van der Waals surface area (Å²) in [7, 11) is 0. The number of halogens is 1. The van der Waals surface area contributed by atoms with Crippen LogP contribution in [-0.4, -0.2) is 23.5 Å². The van der Waals surface area contributed by atoms with Gasteiger partial charge in [-0.15, -0.1) is 0 Å². The van der Waals surface area contributed by atoms with Crippen molar-refractivity contribution in [3.63, 3.8) is 0 Å². The third kappa shape index (κ3) is 5.00. The van der Waals surface area contributed by atoms with Crippen molar-refractivity contribution >= 4 is 52.2 Å². The topological polar surface area (TPSA) is 95.6 Å². The molecule has 7 nitrogen and oxygen atoms in total. The van der Waals surface area contributed by atoms with Crippen molar-refractivity contribution < 1.29 is 19.2 Å². The quantitative estimate of drug-likeness (QED) is 0.368. The number of rotatable bonds is 6. The lowest BCUT2D eigenvalue weighted by molar-refractivity contribution is -0.120. The summed E-state index contributed by atoms with van der Waals surface area (Å²) >= 11 is 6.22. The maximum absolute atomic E-state index is 13.0. The fourth-order valence-electron chi connectivity index (χ4n) is 3.77. The van der Waals surface area contributed by atoms with Crippen LogP contribution in [0.5, 0.6) is 0 Å². The summed E-state index contributed by atoms with van der Waals surface area (Å²) in [5.74, 6) is -1.55. The normalized spacial score (nSPS) is 13.3. The number of anilines is 3. The Morgan fingerprint density at radius 2 is 1.31 bits per heavy atom. The highest BCUT2D eigenvalue weighted by molar-refractivity contribution is 6.53. The zero-order valence-electron chi connectivity index (χ0n) is 19.3. The highest BCUT2D eigenvalue weighted by Gasteiger charge is 2.39. The van der Waals surface area contributed by atoms with Gasteiger partial charge in [0.2, 0.25) is 0 Å². The summed E-state index contributed by atoms with van der Waals surface area (Å²) in [6.07, 6.45) is 0. The second-order valence-electron chi connectivity index (χ2n) is 8.27. The van der Waals surface area contributed by atoms with Gasteiger partial charge >= 0.3 is 0 Å². The van der Waals surface area contributed by atoms with Gasteiger partial charge in [0.1, 0.15) is 10.7 Å². The van der Waals surface area contributed by atoms with Gasteiger partial charge in [-0.3, -0.25) is 19.2 Å². The second kappa shape index (κ2) is 9.56. The fourth-order valence-corrected chi connectivity index (χ4v) is 3.98. The number of benzene rings is 3. The van der Waals surface area contributed by atoms with Crippen molar-refractivity contribution in [2.45, 2.75) is 20.8 Å². The van der Waals surface area contributed by atoms with E-state index in [1.54, 1.807) is 60.7 Å². The number of carbonyl (C=O) groups is 4. The molecule has 0 aliphatic carbocycles. The predicted molar refractivity (Wildman–Crippen MR) is 136 cm³/mol. The van der Waals surface area contributed by atoms with Gasteiger partial charge in [0.15, 0.2) is 5.78 Å². The second-order valence-corrected chi connectivity index (χ2v) is 8.65. The molecule has 0 bridgehead atoms. The van der Waals surface area contributed by atoms with Crippen molar-refractivity contribution in [2.24, 2.45) is 0 Å². The number of carbonyl (C=O) groups excluding carboxylic acids is 4. The molecule has 1 aliphatic heterocycles. The Morgan fingerprint density at radius 3 is 1.89 bits per heavy atom. The van der Waals surface area contributed by atoms with Crippen LogP contribution in [0.25, 0.3) is 0 Å². The molecule has 1 heterocycles. The number of imide groups is 1. The van der Waals surface area contributed by atoms with Crippen molar-refractivity contribution in [3.8, 4) is 0 Å². The molecule has 176 valence electrons. The molecule has 0 radical (unpaired) electrons. The van der Waals surface area contributed by atoms with Crippen molar-refractivity contribution in [1.29, 1.82) is 0 Å². The third-order valence-electron chi connectivity index (χ3n) is 5.46. The standard InChI is InChI=1S/C27H22ClN3O4/c1-15-12-16(2)14-22(13-15)31-26(34)23(28)24(27(31)35)29-20-10-6-19(7-11-20)25(33)30-21-8-4-18(5-9-21)17(3)32/h4-14,29H,1-3H3,(H,30,33). The van der Waals surface area contributed by atoms with Crippen molar-refractivity contribution in [2.75, 3.05) is 15.5 Å². The van der Waals surface area contributed by atoms with E-state index in [1.807, 2.05) is 19.9 Å². The van der Waals surface area contributed by atoms with E-state index >= 15 is 0 Å². The van der Waals surface area contributed by atoms with E-state index in [0.29, 0.717) is 28.2 Å². The Bertz CT molecular complexity index is 1370. The monoisotopic (exact) mass is 487 g/mol. The minimum Gasteiger partial charge on any atom is -0.350 e. The average Bonchev–Trinajstić information content (AvgIpc) is 3.02. The van der Waals surface area contributed by atoms with E-state index < -0.39 is 11.8 Å². The molecule has 0 atom stereocenters. The molecule has 4 rings (SSSR count). The SMILES string of the molecule is CC(=O)c1ccc(NC(=O)c2ccc(NC3=C(Cl)C(=O)N(c4cc(C)cc(C)c4)C3=O)cc2)cc1. The van der Waals surface area contributed by atoms with Crippen LogP contribution in [0.15, 0.2) is 77.5 Å². The summed E-state index contributed by atoms with van der Waals surface area (Å²) in [6, 6.07) is 18.4. The van der Waals surface area contributed by atoms with E-state index in [4.69, 9.17) is 11.6 Å². The van der Waals surface area contributed by atoms with Gasteiger partial charge in [0, 0.05) is 22.5 Å². The van der Waals surface area contributed by atoms with E-state index in [2.05, 4.69) is 10.6 Å². The first-order valence-corrected chi connectivity index (χ1v) is 11.2. The molecule has 1 aliphatic rings. The van der Waals surface area contributed by atoms with Crippen LogP contribution in [0.1, 0.15) is 38.8 Å². The first kappa shape index (κ1) is 23.9. The molecule has 8 heteroatoms. The Labute approximate surface area is 207 Å². The largest absolute Gasteiger partial charge is 0.350 e. The maximum Gasteiger partial charge on any atom is 0.283 e. The summed E-state index contributed by atoms with van der Waals surface area (Å²) in [5, 5.41) is 5.46. The zero-order chi connectivity index (χ0) is 25.3. The Balaban J connectivity index is 1.47. The van der Waals surface area contributed by atoms with Gasteiger partial charge in [-0.25, -0.2) is 4.90 Å². The Hall–Kier alpha value is -4.23. The average molecular weight is 488 g/mol. The smallest absolute Gasteiger partial charge is 0.283 e. The first-order valence-electron chi connectivity index (χ1n) is 10.8. The molecule has 0 saturated carbocycles. The van der Waals surface area contributed by atoms with Crippen molar-refractivity contribution in [3.05, 3.63) is 99.7 Å². The number of Topliss-reactive ketones (excluding diaryl/α,β-unsaturated/α-hetero) is 1. The lowest BCUT2D eigenvalue weighted by Crippen LogP contribution is -2.32. The van der Waals surface area contributed by atoms with Crippen LogP contribution >= 0.6 is 11.6 Å². The van der Waals surface area contributed by atoms with Crippen LogP contribution in [-0.2, 0) is 9.59 Å². The van der Waals surface area contributed by atoms with E-state index in [9.17, 15) is 19.2 Å². The van der Waals surface area contributed by atoms with Gasteiger partial charge in [-0.2, -0.15) is 0 Å². The summed E-state index contributed by atoms with van der Waals surface area (Å²) in [6.45, 7) is 5.24. The third-order valence-corrected chi connectivity index (χ3v) is 5.81. The van der Waals surface area contributed by atoms with Gasteiger partial charge in [-0.1, -0.05) is 17.7 Å². The molecule has 0 aromatic heterocycles. The van der Waals surface area contributed by atoms with Gasteiger partial charge in [0.25, 0.3) is 17.7 Å².